The lowest BCUT2D eigenvalue weighted by molar-refractivity contribution is -0.132. The zero-order chi connectivity index (χ0) is 21.0. The van der Waals surface area contributed by atoms with Crippen LogP contribution in [0.4, 0.5) is 5.69 Å². The summed E-state index contributed by atoms with van der Waals surface area (Å²) in [5.74, 6) is 0.634. The van der Waals surface area contributed by atoms with E-state index in [1.807, 2.05) is 24.0 Å². The van der Waals surface area contributed by atoms with Crippen molar-refractivity contribution in [2.75, 3.05) is 31.1 Å². The smallest absolute Gasteiger partial charge is 0.229 e. The van der Waals surface area contributed by atoms with E-state index in [1.165, 1.54) is 5.56 Å². The van der Waals surface area contributed by atoms with E-state index in [0.717, 1.165) is 30.8 Å². The number of carbonyl (C=O) groups is 1. The standard InChI is InChI=1S/C23H30N2O3S/c1-17(2)16-19-4-6-20(7-5-19)18(3)23(26)25-14-12-24(13-15-25)21-8-10-22(11-9-21)29(27)28/h4-11,17-18H,12-16H2,1-3H3,(H,27,28)/p-1. The molecule has 0 aliphatic carbocycles. The summed E-state index contributed by atoms with van der Waals surface area (Å²) in [5.41, 5.74) is 3.36. The highest BCUT2D eigenvalue weighted by atomic mass is 32.2. The van der Waals surface area contributed by atoms with Crippen LogP contribution in [0.1, 0.15) is 37.8 Å². The van der Waals surface area contributed by atoms with Crippen LogP contribution in [0.3, 0.4) is 0 Å². The summed E-state index contributed by atoms with van der Waals surface area (Å²) >= 11 is -2.20. The number of anilines is 1. The van der Waals surface area contributed by atoms with Crippen molar-refractivity contribution in [3.8, 4) is 0 Å². The van der Waals surface area contributed by atoms with Crippen molar-refractivity contribution in [3.05, 3.63) is 59.7 Å². The second kappa shape index (κ2) is 9.55. The van der Waals surface area contributed by atoms with E-state index in [1.54, 1.807) is 12.1 Å². The van der Waals surface area contributed by atoms with Gasteiger partial charge in [0, 0.05) is 36.8 Å². The van der Waals surface area contributed by atoms with E-state index in [4.69, 9.17) is 0 Å². The van der Waals surface area contributed by atoms with E-state index in [2.05, 4.69) is 43.0 Å². The predicted molar refractivity (Wildman–Crippen MR) is 116 cm³/mol. The summed E-state index contributed by atoms with van der Waals surface area (Å²) in [4.78, 5) is 17.4. The van der Waals surface area contributed by atoms with Crippen LogP contribution in [0, 0.1) is 5.92 Å². The zero-order valence-electron chi connectivity index (χ0n) is 17.3. The monoisotopic (exact) mass is 413 g/mol. The van der Waals surface area contributed by atoms with Gasteiger partial charge in [0.15, 0.2) is 0 Å². The fourth-order valence-electron chi connectivity index (χ4n) is 3.78. The van der Waals surface area contributed by atoms with Crippen LogP contribution in [-0.4, -0.2) is 45.7 Å². The number of amides is 1. The highest BCUT2D eigenvalue weighted by Gasteiger charge is 2.26. The molecule has 2 aromatic carbocycles. The lowest BCUT2D eigenvalue weighted by atomic mass is 9.95. The third-order valence-corrected chi connectivity index (χ3v) is 6.14. The maximum atomic E-state index is 13.0. The normalized spacial score (nSPS) is 16.7. The molecule has 1 aliphatic heterocycles. The van der Waals surface area contributed by atoms with Crippen molar-refractivity contribution in [1.29, 1.82) is 0 Å². The number of carbonyl (C=O) groups excluding carboxylic acids is 1. The van der Waals surface area contributed by atoms with Crippen LogP contribution < -0.4 is 4.90 Å². The molecule has 156 valence electrons. The molecule has 1 fully saturated rings. The van der Waals surface area contributed by atoms with Gasteiger partial charge in [-0.15, -0.1) is 0 Å². The molecule has 6 heteroatoms. The maximum Gasteiger partial charge on any atom is 0.229 e. The first-order valence-corrected chi connectivity index (χ1v) is 11.2. The average Bonchev–Trinajstić information content (AvgIpc) is 2.73. The molecule has 0 radical (unpaired) electrons. The van der Waals surface area contributed by atoms with Gasteiger partial charge in [0.05, 0.1) is 5.92 Å². The number of hydrogen-bond donors (Lipinski definition) is 0. The van der Waals surface area contributed by atoms with Crippen molar-refractivity contribution in [2.45, 2.75) is 38.0 Å². The average molecular weight is 414 g/mol. The first kappa shape index (κ1) is 21.5. The molecule has 0 spiro atoms. The Labute approximate surface area is 176 Å². The van der Waals surface area contributed by atoms with Crippen molar-refractivity contribution in [2.24, 2.45) is 5.92 Å². The van der Waals surface area contributed by atoms with Crippen molar-refractivity contribution < 1.29 is 13.6 Å². The highest BCUT2D eigenvalue weighted by Crippen LogP contribution is 2.23. The van der Waals surface area contributed by atoms with Crippen LogP contribution in [0.25, 0.3) is 0 Å². The van der Waals surface area contributed by atoms with Gasteiger partial charge in [-0.3, -0.25) is 9.00 Å². The Hall–Kier alpha value is -2.18. The first-order valence-electron chi connectivity index (χ1n) is 10.2. The number of piperazine rings is 1. The predicted octanol–water partition coefficient (Wildman–Crippen LogP) is 3.58. The molecule has 3 rings (SSSR count). The van der Waals surface area contributed by atoms with Gasteiger partial charge < -0.3 is 14.4 Å². The van der Waals surface area contributed by atoms with E-state index >= 15 is 0 Å². The molecule has 1 heterocycles. The molecule has 2 atom stereocenters. The second-order valence-corrected chi connectivity index (χ2v) is 9.04. The Morgan fingerprint density at radius 3 is 2.07 bits per heavy atom. The van der Waals surface area contributed by atoms with Gasteiger partial charge in [0.1, 0.15) is 0 Å². The fraction of sp³-hybridized carbons (Fsp3) is 0.435. The Morgan fingerprint density at radius 1 is 0.966 bits per heavy atom. The molecule has 1 amide bonds. The van der Waals surface area contributed by atoms with Crippen LogP contribution >= 0.6 is 0 Å². The van der Waals surface area contributed by atoms with Gasteiger partial charge in [0.25, 0.3) is 0 Å². The number of hydrogen-bond acceptors (Lipinski definition) is 4. The minimum absolute atomic E-state index is 0.152. The third kappa shape index (κ3) is 5.46. The molecule has 29 heavy (non-hydrogen) atoms. The molecule has 0 bridgehead atoms. The van der Waals surface area contributed by atoms with Gasteiger partial charge in [-0.1, -0.05) is 38.1 Å². The van der Waals surface area contributed by atoms with Crippen molar-refractivity contribution >= 4 is 22.7 Å². The third-order valence-electron chi connectivity index (χ3n) is 5.48. The van der Waals surface area contributed by atoms with Gasteiger partial charge in [0.2, 0.25) is 5.91 Å². The molecule has 1 aliphatic rings. The van der Waals surface area contributed by atoms with Gasteiger partial charge in [-0.2, -0.15) is 0 Å². The second-order valence-electron chi connectivity index (χ2n) is 8.10. The summed E-state index contributed by atoms with van der Waals surface area (Å²) in [5, 5.41) is 0. The number of rotatable bonds is 6. The molecule has 0 N–H and O–H groups in total. The summed E-state index contributed by atoms with van der Waals surface area (Å²) in [6.07, 6.45) is 1.05. The van der Waals surface area contributed by atoms with Crippen molar-refractivity contribution in [1.82, 2.24) is 4.90 Å². The molecule has 1 saturated heterocycles. The molecular formula is C23H29N2O3S-. The lowest BCUT2D eigenvalue weighted by Crippen LogP contribution is -2.49. The van der Waals surface area contributed by atoms with Crippen LogP contribution in [0.5, 0.6) is 0 Å². The van der Waals surface area contributed by atoms with Crippen LogP contribution in [-0.2, 0) is 22.3 Å². The lowest BCUT2D eigenvalue weighted by Gasteiger charge is -2.37. The Bertz CT molecular complexity index is 841. The fourth-order valence-corrected chi connectivity index (χ4v) is 4.14. The molecule has 5 nitrogen and oxygen atoms in total. The van der Waals surface area contributed by atoms with Gasteiger partial charge in [-0.05, 0) is 65.7 Å². The topological polar surface area (TPSA) is 63.7 Å². The summed E-state index contributed by atoms with van der Waals surface area (Å²) in [7, 11) is 0. The summed E-state index contributed by atoms with van der Waals surface area (Å²) in [6, 6.07) is 15.3. The Morgan fingerprint density at radius 2 is 1.55 bits per heavy atom. The Balaban J connectivity index is 1.57. The van der Waals surface area contributed by atoms with Crippen molar-refractivity contribution in [3.63, 3.8) is 0 Å². The number of benzene rings is 2. The van der Waals surface area contributed by atoms with E-state index < -0.39 is 11.1 Å². The first-order chi connectivity index (χ1) is 13.8. The van der Waals surface area contributed by atoms with Gasteiger partial charge in [-0.25, -0.2) is 0 Å². The largest absolute Gasteiger partial charge is 0.768 e. The summed E-state index contributed by atoms with van der Waals surface area (Å²) in [6.45, 7) is 9.22. The van der Waals surface area contributed by atoms with Crippen LogP contribution in [0.2, 0.25) is 0 Å². The van der Waals surface area contributed by atoms with Gasteiger partial charge >= 0.3 is 0 Å². The van der Waals surface area contributed by atoms with Crippen LogP contribution in [0.15, 0.2) is 53.4 Å². The molecule has 2 unspecified atom stereocenters. The minimum atomic E-state index is -2.20. The molecule has 0 saturated carbocycles. The quantitative estimate of drug-likeness (QED) is 0.679. The number of nitrogens with zero attached hydrogens (tertiary/aromatic N) is 2. The Kier molecular flexibility index (Phi) is 7.09. The van der Waals surface area contributed by atoms with E-state index in [-0.39, 0.29) is 16.7 Å². The molecule has 2 aromatic rings. The SMILES string of the molecule is CC(C)Cc1ccc(C(C)C(=O)N2CCN(c3ccc(S(=O)[O-])cc3)CC2)cc1. The summed E-state index contributed by atoms with van der Waals surface area (Å²) < 4.78 is 22.0. The van der Waals surface area contributed by atoms with E-state index in [9.17, 15) is 13.6 Å². The highest BCUT2D eigenvalue weighted by molar-refractivity contribution is 7.79. The van der Waals surface area contributed by atoms with E-state index in [0.29, 0.717) is 19.0 Å². The molecular weight excluding hydrogens is 384 g/mol. The minimum Gasteiger partial charge on any atom is -0.768 e. The maximum absolute atomic E-state index is 13.0. The zero-order valence-corrected chi connectivity index (χ0v) is 18.2. The molecule has 0 aromatic heterocycles.